The Morgan fingerprint density at radius 3 is 2.89 bits per heavy atom. The first-order valence-corrected chi connectivity index (χ1v) is 6.56. The lowest BCUT2D eigenvalue weighted by Crippen LogP contribution is -1.95. The first kappa shape index (κ1) is 12.2. The van der Waals surface area contributed by atoms with E-state index in [9.17, 15) is 4.39 Å². The molecule has 0 fully saturated rings. The molecule has 0 spiro atoms. The molecule has 0 aliphatic carbocycles. The highest BCUT2D eigenvalue weighted by Gasteiger charge is 2.05. The third-order valence-electron chi connectivity index (χ3n) is 2.77. The van der Waals surface area contributed by atoms with Gasteiger partial charge in [0, 0.05) is 11.5 Å². The molecule has 0 N–H and O–H groups in total. The highest BCUT2D eigenvalue weighted by molar-refractivity contribution is 9.10. The smallest absolute Gasteiger partial charge is 0.148 e. The van der Waals surface area contributed by atoms with Crippen LogP contribution in [-0.2, 0) is 6.61 Å². The molecule has 0 amide bonds. The lowest BCUT2D eigenvalue weighted by Gasteiger charge is -2.07. The van der Waals surface area contributed by atoms with Crippen molar-refractivity contribution in [3.05, 3.63) is 64.6 Å². The molecule has 0 bridgehead atoms. The third kappa shape index (κ3) is 2.63. The highest BCUT2D eigenvalue weighted by atomic mass is 79.9. The molecule has 96 valence electrons. The Balaban J connectivity index is 1.81. The summed E-state index contributed by atoms with van der Waals surface area (Å²) in [5.74, 6) is 0.215. The average Bonchev–Trinajstić information content (AvgIpc) is 2.85. The molecule has 0 radical (unpaired) electrons. The Morgan fingerprint density at radius 1 is 1.16 bits per heavy atom. The van der Waals surface area contributed by atoms with Gasteiger partial charge in [-0.1, -0.05) is 6.07 Å². The van der Waals surface area contributed by atoms with Crippen molar-refractivity contribution in [2.75, 3.05) is 0 Å². The third-order valence-corrected chi connectivity index (χ3v) is 3.36. The number of rotatable bonds is 3. The fraction of sp³-hybridized carbons (Fsp3) is 0.0667. The van der Waals surface area contributed by atoms with Crippen LogP contribution < -0.4 is 4.74 Å². The van der Waals surface area contributed by atoms with Crippen LogP contribution in [0.5, 0.6) is 5.75 Å². The number of hydrogen-bond donors (Lipinski definition) is 0. The van der Waals surface area contributed by atoms with Gasteiger partial charge in [0.05, 0.1) is 10.7 Å². The first-order chi connectivity index (χ1) is 9.22. The predicted molar refractivity (Wildman–Crippen MR) is 74.6 cm³/mol. The van der Waals surface area contributed by atoms with E-state index >= 15 is 0 Å². The van der Waals surface area contributed by atoms with E-state index in [1.54, 1.807) is 18.4 Å². The van der Waals surface area contributed by atoms with E-state index in [-0.39, 0.29) is 5.82 Å². The molecule has 0 saturated carbocycles. The van der Waals surface area contributed by atoms with Gasteiger partial charge in [0.25, 0.3) is 0 Å². The molecule has 4 heteroatoms. The maximum Gasteiger partial charge on any atom is 0.148 e. The highest BCUT2D eigenvalue weighted by Crippen LogP contribution is 2.27. The molecule has 2 aromatic carbocycles. The van der Waals surface area contributed by atoms with Gasteiger partial charge in [-0.25, -0.2) is 4.39 Å². The van der Waals surface area contributed by atoms with Gasteiger partial charge in [0.1, 0.15) is 23.8 Å². The van der Waals surface area contributed by atoms with Gasteiger partial charge < -0.3 is 9.15 Å². The van der Waals surface area contributed by atoms with Crippen LogP contribution in [0.1, 0.15) is 5.56 Å². The van der Waals surface area contributed by atoms with E-state index in [0.717, 1.165) is 21.0 Å². The zero-order valence-electron chi connectivity index (χ0n) is 9.90. The van der Waals surface area contributed by atoms with Gasteiger partial charge in [-0.05, 0) is 51.8 Å². The molecular formula is C15H10BrFO2. The predicted octanol–water partition coefficient (Wildman–Crippen LogP) is 4.91. The van der Waals surface area contributed by atoms with Crippen molar-refractivity contribution in [3.8, 4) is 5.75 Å². The maximum atomic E-state index is 13.0. The molecule has 0 unspecified atom stereocenters. The molecule has 19 heavy (non-hydrogen) atoms. The quantitative estimate of drug-likeness (QED) is 0.684. The number of ether oxygens (including phenoxy) is 1. The van der Waals surface area contributed by atoms with Crippen LogP contribution >= 0.6 is 15.9 Å². The van der Waals surface area contributed by atoms with Crippen LogP contribution in [0.4, 0.5) is 4.39 Å². The van der Waals surface area contributed by atoms with Crippen molar-refractivity contribution in [1.29, 1.82) is 0 Å². The van der Waals surface area contributed by atoms with Gasteiger partial charge in [-0.2, -0.15) is 0 Å². The van der Waals surface area contributed by atoms with Gasteiger partial charge in [0.2, 0.25) is 0 Å². The van der Waals surface area contributed by atoms with E-state index in [1.807, 2.05) is 18.2 Å². The standard InChI is InChI=1S/C15H10BrFO2/c16-14-7-10(6-11-4-5-18-15(11)14)9-19-13-3-1-2-12(17)8-13/h1-8H,9H2. The summed E-state index contributed by atoms with van der Waals surface area (Å²) < 4.78 is 24.8. The van der Waals surface area contributed by atoms with Crippen molar-refractivity contribution >= 4 is 26.9 Å². The molecule has 0 aliphatic rings. The molecule has 2 nitrogen and oxygen atoms in total. The number of furan rings is 1. The van der Waals surface area contributed by atoms with Gasteiger partial charge in [-0.3, -0.25) is 0 Å². The molecule has 3 rings (SSSR count). The summed E-state index contributed by atoms with van der Waals surface area (Å²) in [6, 6.07) is 11.9. The summed E-state index contributed by atoms with van der Waals surface area (Å²) in [7, 11) is 0. The fourth-order valence-corrected chi connectivity index (χ4v) is 2.52. The summed E-state index contributed by atoms with van der Waals surface area (Å²) in [5, 5.41) is 1.01. The normalized spacial score (nSPS) is 10.8. The number of benzene rings is 2. The summed E-state index contributed by atoms with van der Waals surface area (Å²) in [4.78, 5) is 0. The van der Waals surface area contributed by atoms with E-state index in [2.05, 4.69) is 15.9 Å². The SMILES string of the molecule is Fc1cccc(OCc2cc(Br)c3occc3c2)c1. The lowest BCUT2D eigenvalue weighted by atomic mass is 10.2. The Labute approximate surface area is 117 Å². The average molecular weight is 321 g/mol. The molecule has 0 atom stereocenters. The van der Waals surface area contributed by atoms with E-state index in [0.29, 0.717) is 12.4 Å². The van der Waals surface area contributed by atoms with Crippen LogP contribution in [0.25, 0.3) is 11.0 Å². The van der Waals surface area contributed by atoms with E-state index < -0.39 is 0 Å². The summed E-state index contributed by atoms with van der Waals surface area (Å²) in [6.45, 7) is 0.378. The summed E-state index contributed by atoms with van der Waals surface area (Å²) in [5.41, 5.74) is 1.81. The number of hydrogen-bond acceptors (Lipinski definition) is 2. The molecular weight excluding hydrogens is 311 g/mol. The number of fused-ring (bicyclic) bond motifs is 1. The Morgan fingerprint density at radius 2 is 2.05 bits per heavy atom. The van der Waals surface area contributed by atoms with Gasteiger partial charge >= 0.3 is 0 Å². The molecule has 1 aromatic heterocycles. The van der Waals surface area contributed by atoms with Crippen molar-refractivity contribution in [1.82, 2.24) is 0 Å². The lowest BCUT2D eigenvalue weighted by molar-refractivity contribution is 0.304. The second kappa shape index (κ2) is 5.05. The van der Waals surface area contributed by atoms with Crippen molar-refractivity contribution in [2.24, 2.45) is 0 Å². The minimum absolute atomic E-state index is 0.302. The summed E-state index contributed by atoms with van der Waals surface area (Å²) in [6.07, 6.45) is 1.65. The molecule has 0 aliphatic heterocycles. The molecule has 3 aromatic rings. The zero-order valence-corrected chi connectivity index (χ0v) is 11.5. The fourth-order valence-electron chi connectivity index (χ4n) is 1.90. The Hall–Kier alpha value is -1.81. The van der Waals surface area contributed by atoms with Gasteiger partial charge in [0.15, 0.2) is 0 Å². The Kier molecular flexibility index (Phi) is 3.25. The zero-order chi connectivity index (χ0) is 13.2. The topological polar surface area (TPSA) is 22.4 Å². The van der Waals surface area contributed by atoms with Crippen LogP contribution in [0, 0.1) is 5.82 Å². The van der Waals surface area contributed by atoms with Crippen molar-refractivity contribution < 1.29 is 13.5 Å². The first-order valence-electron chi connectivity index (χ1n) is 5.76. The van der Waals surface area contributed by atoms with Crippen molar-refractivity contribution in [2.45, 2.75) is 6.61 Å². The maximum absolute atomic E-state index is 13.0. The van der Waals surface area contributed by atoms with Crippen molar-refractivity contribution in [3.63, 3.8) is 0 Å². The minimum Gasteiger partial charge on any atom is -0.489 e. The second-order valence-electron chi connectivity index (χ2n) is 4.16. The largest absolute Gasteiger partial charge is 0.489 e. The van der Waals surface area contributed by atoms with Crippen LogP contribution in [-0.4, -0.2) is 0 Å². The van der Waals surface area contributed by atoms with Crippen LogP contribution in [0.15, 0.2) is 57.6 Å². The van der Waals surface area contributed by atoms with E-state index in [1.165, 1.54) is 12.1 Å². The molecule has 1 heterocycles. The van der Waals surface area contributed by atoms with Crippen LogP contribution in [0.2, 0.25) is 0 Å². The Bertz CT molecular complexity index is 721. The molecule has 0 saturated heterocycles. The summed E-state index contributed by atoms with van der Waals surface area (Å²) >= 11 is 3.46. The second-order valence-corrected chi connectivity index (χ2v) is 5.02. The van der Waals surface area contributed by atoms with Crippen LogP contribution in [0.3, 0.4) is 0 Å². The monoisotopic (exact) mass is 320 g/mol. The van der Waals surface area contributed by atoms with Gasteiger partial charge in [-0.15, -0.1) is 0 Å². The minimum atomic E-state index is -0.302. The van der Waals surface area contributed by atoms with E-state index in [4.69, 9.17) is 9.15 Å². The number of halogens is 2.